The summed E-state index contributed by atoms with van der Waals surface area (Å²) in [4.78, 5) is 4.59. The maximum absolute atomic E-state index is 12.1. The summed E-state index contributed by atoms with van der Waals surface area (Å²) in [6.07, 6.45) is 6.97. The molecule has 2 saturated carbocycles. The molecule has 0 aliphatic heterocycles. The van der Waals surface area contributed by atoms with E-state index in [9.17, 15) is 13.7 Å². The van der Waals surface area contributed by atoms with Crippen LogP contribution in [0.15, 0.2) is 30.5 Å². The first-order chi connectivity index (χ1) is 15.8. The van der Waals surface area contributed by atoms with Crippen LogP contribution < -0.4 is 16.4 Å². The minimum atomic E-state index is -3.19. The van der Waals surface area contributed by atoms with E-state index in [0.29, 0.717) is 41.5 Å². The zero-order chi connectivity index (χ0) is 23.2. The lowest BCUT2D eigenvalue weighted by molar-refractivity contribution is 0.601. The molecule has 0 bridgehead atoms. The second-order valence-electron chi connectivity index (χ2n) is 9.14. The van der Waals surface area contributed by atoms with Crippen molar-refractivity contribution in [1.82, 2.24) is 14.6 Å². The maximum atomic E-state index is 12.1. The average Bonchev–Trinajstić information content (AvgIpc) is 3.66. The van der Waals surface area contributed by atoms with Crippen LogP contribution in [0.3, 0.4) is 0 Å². The molecule has 2 aliphatic carbocycles. The van der Waals surface area contributed by atoms with E-state index in [1.165, 1.54) is 12.5 Å². The summed E-state index contributed by atoms with van der Waals surface area (Å²) >= 11 is 0. The Bertz CT molecular complexity index is 1360. The number of nitrogens with zero attached hydrogens (tertiary/aromatic N) is 4. The van der Waals surface area contributed by atoms with Gasteiger partial charge in [0.05, 0.1) is 11.9 Å². The summed E-state index contributed by atoms with van der Waals surface area (Å²) < 4.78 is 25.9. The smallest absolute Gasteiger partial charge is 0.177 e. The minimum Gasteiger partial charge on any atom is -0.367 e. The number of hydrogen-bond donors (Lipinski definition) is 3. The Kier molecular flexibility index (Phi) is 5.46. The summed E-state index contributed by atoms with van der Waals surface area (Å²) in [5.41, 5.74) is 9.23. The molecule has 0 saturated heterocycles. The Morgan fingerprint density at radius 2 is 2.12 bits per heavy atom. The number of sulfone groups is 1. The third-order valence-electron chi connectivity index (χ3n) is 6.21. The van der Waals surface area contributed by atoms with Gasteiger partial charge in [0.15, 0.2) is 15.5 Å². The predicted octanol–water partition coefficient (Wildman–Crippen LogP) is 2.92. The lowest BCUT2D eigenvalue weighted by Crippen LogP contribution is -2.09. The van der Waals surface area contributed by atoms with Gasteiger partial charge in [-0.3, -0.25) is 0 Å². The normalized spacial score (nSPS) is 19.9. The zero-order valence-electron chi connectivity index (χ0n) is 18.5. The highest BCUT2D eigenvalue weighted by Crippen LogP contribution is 2.50. The first-order valence-electron chi connectivity index (χ1n) is 11.2. The van der Waals surface area contributed by atoms with Crippen LogP contribution in [-0.4, -0.2) is 41.9 Å². The van der Waals surface area contributed by atoms with Gasteiger partial charge in [0.2, 0.25) is 0 Å². The van der Waals surface area contributed by atoms with E-state index >= 15 is 0 Å². The third kappa shape index (κ3) is 4.79. The molecule has 4 N–H and O–H groups in total. The first kappa shape index (κ1) is 21.7. The van der Waals surface area contributed by atoms with Crippen LogP contribution in [-0.2, 0) is 15.6 Å². The molecule has 3 aromatic rings. The van der Waals surface area contributed by atoms with E-state index in [4.69, 9.17) is 5.73 Å². The molecule has 2 fully saturated rings. The van der Waals surface area contributed by atoms with Gasteiger partial charge in [0.25, 0.3) is 0 Å². The number of nitrogens with one attached hydrogen (secondary N) is 2. The lowest BCUT2D eigenvalue weighted by atomic mass is 10.0. The summed E-state index contributed by atoms with van der Waals surface area (Å²) in [5.74, 6) is 2.22. The van der Waals surface area contributed by atoms with Crippen LogP contribution in [0.1, 0.15) is 48.3 Å². The van der Waals surface area contributed by atoms with Crippen molar-refractivity contribution in [2.45, 2.75) is 43.4 Å². The molecule has 1 aromatic carbocycles. The number of benzene rings is 1. The number of fused-ring (bicyclic) bond motifs is 1. The largest absolute Gasteiger partial charge is 0.367 e. The molecule has 33 heavy (non-hydrogen) atoms. The fraction of sp³-hybridized carbons (Fsp3) is 0.435. The van der Waals surface area contributed by atoms with Gasteiger partial charge in [-0.25, -0.2) is 13.4 Å². The molecule has 5 rings (SSSR count). The number of nitrogens with two attached hydrogens (primary N) is 1. The molecule has 2 aromatic heterocycles. The molecule has 2 atom stereocenters. The van der Waals surface area contributed by atoms with Crippen molar-refractivity contribution >= 4 is 32.8 Å². The number of anilines is 3. The van der Waals surface area contributed by atoms with Crippen LogP contribution in [0.4, 0.5) is 17.3 Å². The van der Waals surface area contributed by atoms with E-state index < -0.39 is 9.84 Å². The van der Waals surface area contributed by atoms with E-state index in [1.807, 2.05) is 24.3 Å². The van der Waals surface area contributed by atoms with E-state index in [1.54, 1.807) is 4.52 Å². The first-order valence-corrected chi connectivity index (χ1v) is 13.2. The third-order valence-corrected chi connectivity index (χ3v) is 7.05. The highest BCUT2D eigenvalue weighted by molar-refractivity contribution is 7.89. The van der Waals surface area contributed by atoms with Crippen LogP contribution in [0.25, 0.3) is 5.65 Å². The Labute approximate surface area is 192 Å². The van der Waals surface area contributed by atoms with Gasteiger partial charge in [-0.15, -0.1) is 0 Å². The molecular formula is C23H27N7O2S. The Balaban J connectivity index is 1.48. The maximum Gasteiger partial charge on any atom is 0.177 e. The Morgan fingerprint density at radius 3 is 2.82 bits per heavy atom. The topological polar surface area (TPSA) is 138 Å². The van der Waals surface area contributed by atoms with Gasteiger partial charge in [-0.1, -0.05) is 6.07 Å². The Hall–Kier alpha value is -3.16. The average molecular weight is 466 g/mol. The molecule has 10 heteroatoms. The summed E-state index contributed by atoms with van der Waals surface area (Å²) in [5, 5.41) is 20.5. The molecule has 0 spiro atoms. The lowest BCUT2D eigenvalue weighted by Gasteiger charge is -2.14. The molecule has 2 aliphatic rings. The van der Waals surface area contributed by atoms with Gasteiger partial charge in [-0.05, 0) is 67.3 Å². The van der Waals surface area contributed by atoms with Crippen molar-refractivity contribution in [2.75, 3.05) is 23.4 Å². The highest BCUT2D eigenvalue weighted by atomic mass is 32.2. The molecule has 172 valence electrons. The summed E-state index contributed by atoms with van der Waals surface area (Å²) in [7, 11) is -3.19. The predicted molar refractivity (Wildman–Crippen MR) is 127 cm³/mol. The van der Waals surface area contributed by atoms with Gasteiger partial charge in [-0.2, -0.15) is 14.9 Å². The standard InChI is InChI=1S/C23H27N7O2S/c1-33(31,32)13-15-8-18(4-5-19(15)20-9-14(20)6-7-24)27-21-10-22(28-17-2-3-17)30-23(29-21)16(11-25)12-26-30/h4-5,8,10,12,14,17,20,28H,2-3,6-7,9,13,24H2,1H3,(H,27,29). The molecule has 2 unspecified atom stereocenters. The quantitative estimate of drug-likeness (QED) is 0.438. The van der Waals surface area contributed by atoms with Gasteiger partial charge < -0.3 is 16.4 Å². The van der Waals surface area contributed by atoms with Crippen LogP contribution in [0.2, 0.25) is 0 Å². The van der Waals surface area contributed by atoms with Crippen molar-refractivity contribution < 1.29 is 8.42 Å². The number of hydrogen-bond acceptors (Lipinski definition) is 8. The van der Waals surface area contributed by atoms with Crippen molar-refractivity contribution in [3.05, 3.63) is 47.2 Å². The van der Waals surface area contributed by atoms with Crippen molar-refractivity contribution in [3.8, 4) is 6.07 Å². The molecule has 0 amide bonds. The monoisotopic (exact) mass is 465 g/mol. The summed E-state index contributed by atoms with van der Waals surface area (Å²) in [6.45, 7) is 0.646. The minimum absolute atomic E-state index is 0.00808. The van der Waals surface area contributed by atoms with E-state index in [2.05, 4.69) is 26.8 Å². The number of nitriles is 1. The second kappa shape index (κ2) is 8.32. The Morgan fingerprint density at radius 1 is 1.30 bits per heavy atom. The van der Waals surface area contributed by atoms with Gasteiger partial charge >= 0.3 is 0 Å². The van der Waals surface area contributed by atoms with Gasteiger partial charge in [0.1, 0.15) is 23.3 Å². The summed E-state index contributed by atoms with van der Waals surface area (Å²) in [6, 6.07) is 10.3. The van der Waals surface area contributed by atoms with E-state index in [0.717, 1.165) is 48.3 Å². The fourth-order valence-corrected chi connectivity index (χ4v) is 5.22. The molecule has 9 nitrogen and oxygen atoms in total. The van der Waals surface area contributed by atoms with Crippen LogP contribution in [0.5, 0.6) is 0 Å². The highest BCUT2D eigenvalue weighted by Gasteiger charge is 2.38. The van der Waals surface area contributed by atoms with Gasteiger partial charge in [0, 0.05) is 24.1 Å². The van der Waals surface area contributed by atoms with E-state index in [-0.39, 0.29) is 5.75 Å². The molecule has 0 radical (unpaired) electrons. The van der Waals surface area contributed by atoms with Crippen LogP contribution in [0, 0.1) is 17.2 Å². The fourth-order valence-electron chi connectivity index (χ4n) is 4.41. The van der Waals surface area contributed by atoms with Crippen LogP contribution >= 0.6 is 0 Å². The molecule has 2 heterocycles. The number of aromatic nitrogens is 3. The SMILES string of the molecule is CS(=O)(=O)Cc1cc(Nc2cc(NC3CC3)n3ncc(C#N)c3n2)ccc1C1CC1CCN. The number of rotatable bonds is 9. The van der Waals surface area contributed by atoms with Crippen molar-refractivity contribution in [1.29, 1.82) is 5.26 Å². The second-order valence-corrected chi connectivity index (χ2v) is 11.3. The zero-order valence-corrected chi connectivity index (χ0v) is 19.3. The molecular weight excluding hydrogens is 438 g/mol. The van der Waals surface area contributed by atoms with Crippen molar-refractivity contribution in [2.24, 2.45) is 11.7 Å². The van der Waals surface area contributed by atoms with Crippen molar-refractivity contribution in [3.63, 3.8) is 0 Å².